The highest BCUT2D eigenvalue weighted by Gasteiger charge is 2.09. The second-order valence-electron chi connectivity index (χ2n) is 3.63. The molecule has 1 amide bonds. The third kappa shape index (κ3) is 2.53. The maximum Gasteiger partial charge on any atom is 0.255 e. The van der Waals surface area contributed by atoms with Gasteiger partial charge in [0, 0.05) is 5.56 Å². The van der Waals surface area contributed by atoms with Crippen LogP contribution in [0.3, 0.4) is 0 Å². The van der Waals surface area contributed by atoms with Crippen LogP contribution >= 0.6 is 0 Å². The molecule has 0 radical (unpaired) electrons. The summed E-state index contributed by atoms with van der Waals surface area (Å²) in [4.78, 5) is 11.8. The topological polar surface area (TPSA) is 52.9 Å². The van der Waals surface area contributed by atoms with E-state index >= 15 is 0 Å². The van der Waals surface area contributed by atoms with E-state index < -0.39 is 5.82 Å². The van der Waals surface area contributed by atoms with E-state index in [4.69, 9.17) is 5.26 Å². The summed E-state index contributed by atoms with van der Waals surface area (Å²) in [5.74, 6) is -1.02. The van der Waals surface area contributed by atoms with Gasteiger partial charge in [0.1, 0.15) is 5.82 Å². The summed E-state index contributed by atoms with van der Waals surface area (Å²) >= 11 is 0. The summed E-state index contributed by atoms with van der Waals surface area (Å²) in [5, 5.41) is 11.1. The first-order valence-electron chi connectivity index (χ1n) is 5.27. The number of anilines is 1. The van der Waals surface area contributed by atoms with Gasteiger partial charge in [-0.05, 0) is 30.3 Å². The zero-order chi connectivity index (χ0) is 13.0. The van der Waals surface area contributed by atoms with Crippen molar-refractivity contribution in [1.82, 2.24) is 0 Å². The van der Waals surface area contributed by atoms with Crippen LogP contribution in [0.4, 0.5) is 10.1 Å². The van der Waals surface area contributed by atoms with Crippen molar-refractivity contribution in [3.05, 3.63) is 65.5 Å². The summed E-state index contributed by atoms with van der Waals surface area (Å²) in [6.07, 6.45) is 0. The van der Waals surface area contributed by atoms with Crippen LogP contribution < -0.4 is 5.32 Å². The number of carbonyl (C=O) groups is 1. The number of hydrogen-bond acceptors (Lipinski definition) is 2. The number of nitriles is 1. The molecule has 0 aromatic heterocycles. The van der Waals surface area contributed by atoms with Crippen LogP contribution in [0.5, 0.6) is 0 Å². The van der Waals surface area contributed by atoms with Gasteiger partial charge in [-0.25, -0.2) is 4.39 Å². The Morgan fingerprint density at radius 1 is 1.17 bits per heavy atom. The second-order valence-corrected chi connectivity index (χ2v) is 3.63. The first-order valence-corrected chi connectivity index (χ1v) is 5.27. The maximum atomic E-state index is 13.5. The maximum absolute atomic E-state index is 13.5. The van der Waals surface area contributed by atoms with Crippen LogP contribution in [0.1, 0.15) is 15.9 Å². The molecule has 1 N–H and O–H groups in total. The van der Waals surface area contributed by atoms with Gasteiger partial charge in [-0.2, -0.15) is 5.26 Å². The quantitative estimate of drug-likeness (QED) is 0.877. The van der Waals surface area contributed by atoms with E-state index in [9.17, 15) is 9.18 Å². The Kier molecular flexibility index (Phi) is 3.35. The molecule has 0 saturated carbocycles. The number of nitrogens with one attached hydrogen (secondary N) is 1. The van der Waals surface area contributed by atoms with Gasteiger partial charge in [-0.3, -0.25) is 4.79 Å². The van der Waals surface area contributed by atoms with Crippen molar-refractivity contribution in [3.63, 3.8) is 0 Å². The lowest BCUT2D eigenvalue weighted by molar-refractivity contribution is 0.102. The van der Waals surface area contributed by atoms with Gasteiger partial charge in [-0.15, -0.1) is 0 Å². The number of halogens is 1. The zero-order valence-electron chi connectivity index (χ0n) is 9.35. The molecule has 0 spiro atoms. The molecule has 2 aromatic rings. The minimum atomic E-state index is -0.627. The Balaban J connectivity index is 2.20. The highest BCUT2D eigenvalue weighted by molar-refractivity contribution is 6.04. The average molecular weight is 240 g/mol. The fraction of sp³-hybridized carbons (Fsp3) is 0. The SMILES string of the molecule is N#Cc1ccc(NC(=O)c2ccccc2)c(F)c1. The highest BCUT2D eigenvalue weighted by atomic mass is 19.1. The minimum Gasteiger partial charge on any atom is -0.319 e. The molecule has 0 heterocycles. The van der Waals surface area contributed by atoms with Crippen molar-refractivity contribution in [2.45, 2.75) is 0 Å². The molecule has 0 aliphatic heterocycles. The lowest BCUT2D eigenvalue weighted by Gasteiger charge is -2.06. The molecule has 0 fully saturated rings. The monoisotopic (exact) mass is 240 g/mol. The normalized spacial score (nSPS) is 9.56. The predicted molar refractivity (Wildman–Crippen MR) is 65.5 cm³/mol. The van der Waals surface area contributed by atoms with Gasteiger partial charge in [0.2, 0.25) is 0 Å². The number of amides is 1. The van der Waals surface area contributed by atoms with E-state index in [0.29, 0.717) is 5.56 Å². The lowest BCUT2D eigenvalue weighted by Crippen LogP contribution is -2.12. The predicted octanol–water partition coefficient (Wildman–Crippen LogP) is 2.95. The Labute approximate surface area is 103 Å². The largest absolute Gasteiger partial charge is 0.319 e. The van der Waals surface area contributed by atoms with E-state index in [1.54, 1.807) is 30.3 Å². The van der Waals surface area contributed by atoms with Gasteiger partial charge in [0.15, 0.2) is 0 Å². The number of benzene rings is 2. The van der Waals surface area contributed by atoms with Crippen molar-refractivity contribution >= 4 is 11.6 Å². The zero-order valence-corrected chi connectivity index (χ0v) is 9.35. The van der Waals surface area contributed by atoms with Crippen molar-refractivity contribution < 1.29 is 9.18 Å². The van der Waals surface area contributed by atoms with Gasteiger partial charge in [0.25, 0.3) is 5.91 Å². The summed E-state index contributed by atoms with van der Waals surface area (Å²) in [7, 11) is 0. The van der Waals surface area contributed by atoms with Crippen molar-refractivity contribution in [3.8, 4) is 6.07 Å². The van der Waals surface area contributed by atoms with Crippen LogP contribution in [0.15, 0.2) is 48.5 Å². The molecule has 0 bridgehead atoms. The van der Waals surface area contributed by atoms with Crippen LogP contribution in [0, 0.1) is 17.1 Å². The van der Waals surface area contributed by atoms with Gasteiger partial charge in [-0.1, -0.05) is 18.2 Å². The van der Waals surface area contributed by atoms with Crippen molar-refractivity contribution in [2.75, 3.05) is 5.32 Å². The average Bonchev–Trinajstić information content (AvgIpc) is 2.42. The van der Waals surface area contributed by atoms with Gasteiger partial charge >= 0.3 is 0 Å². The fourth-order valence-corrected chi connectivity index (χ4v) is 1.47. The fourth-order valence-electron chi connectivity index (χ4n) is 1.47. The van der Waals surface area contributed by atoms with Crippen LogP contribution in [0.25, 0.3) is 0 Å². The second kappa shape index (κ2) is 5.11. The molecule has 18 heavy (non-hydrogen) atoms. The van der Waals surface area contributed by atoms with Crippen molar-refractivity contribution in [1.29, 1.82) is 5.26 Å². The van der Waals surface area contributed by atoms with Crippen LogP contribution in [-0.2, 0) is 0 Å². The summed E-state index contributed by atoms with van der Waals surface area (Å²) in [5.41, 5.74) is 0.717. The Hall–Kier alpha value is -2.67. The third-order valence-corrected chi connectivity index (χ3v) is 2.38. The summed E-state index contributed by atoms with van der Waals surface area (Å²) in [6.45, 7) is 0. The van der Waals surface area contributed by atoms with Gasteiger partial charge < -0.3 is 5.32 Å². The van der Waals surface area contributed by atoms with Gasteiger partial charge in [0.05, 0.1) is 17.3 Å². The number of hydrogen-bond donors (Lipinski definition) is 1. The van der Waals surface area contributed by atoms with E-state index in [-0.39, 0.29) is 17.2 Å². The molecule has 4 heteroatoms. The molecular formula is C14H9FN2O. The van der Waals surface area contributed by atoms with E-state index in [1.165, 1.54) is 12.1 Å². The third-order valence-electron chi connectivity index (χ3n) is 2.38. The molecule has 2 aromatic carbocycles. The highest BCUT2D eigenvalue weighted by Crippen LogP contribution is 2.16. The molecular weight excluding hydrogens is 231 g/mol. The first-order chi connectivity index (χ1) is 8.70. The number of rotatable bonds is 2. The van der Waals surface area contributed by atoms with Crippen molar-refractivity contribution in [2.24, 2.45) is 0 Å². The standard InChI is InChI=1S/C14H9FN2O/c15-12-8-10(9-16)6-7-13(12)17-14(18)11-4-2-1-3-5-11/h1-8H,(H,17,18). The first kappa shape index (κ1) is 11.8. The van der Waals surface area contributed by atoms with E-state index in [1.807, 2.05) is 6.07 Å². The Morgan fingerprint density at radius 2 is 1.89 bits per heavy atom. The minimum absolute atomic E-state index is 0.0582. The van der Waals surface area contributed by atoms with E-state index in [2.05, 4.69) is 5.32 Å². The van der Waals surface area contributed by atoms with Crippen LogP contribution in [0.2, 0.25) is 0 Å². The molecule has 0 unspecified atom stereocenters. The molecule has 0 aliphatic carbocycles. The Morgan fingerprint density at radius 3 is 2.50 bits per heavy atom. The molecule has 0 saturated heterocycles. The van der Waals surface area contributed by atoms with Crippen LogP contribution in [-0.4, -0.2) is 5.91 Å². The number of nitrogens with zero attached hydrogens (tertiary/aromatic N) is 1. The summed E-state index contributed by atoms with van der Waals surface area (Å²) < 4.78 is 13.5. The Bertz CT molecular complexity index is 617. The molecule has 2 rings (SSSR count). The molecule has 0 aliphatic rings. The smallest absolute Gasteiger partial charge is 0.255 e. The van der Waals surface area contributed by atoms with E-state index in [0.717, 1.165) is 6.07 Å². The lowest BCUT2D eigenvalue weighted by atomic mass is 10.2. The molecule has 3 nitrogen and oxygen atoms in total. The summed E-state index contributed by atoms with van der Waals surface area (Å²) in [6, 6.07) is 14.2. The molecule has 0 atom stereocenters. The number of carbonyl (C=O) groups excluding carboxylic acids is 1. The molecule has 88 valence electrons.